The summed E-state index contributed by atoms with van der Waals surface area (Å²) in [6.45, 7) is 7.30. The first kappa shape index (κ1) is 22.9. The molecule has 0 aromatic heterocycles. The topological polar surface area (TPSA) is 0 Å². The molecule has 0 spiro atoms. The molecule has 2 aliphatic rings. The average Bonchev–Trinajstić information content (AvgIpc) is 3.50. The third-order valence-corrected chi connectivity index (χ3v) is 55.5. The van der Waals surface area contributed by atoms with Crippen molar-refractivity contribution in [3.8, 4) is 0 Å². The van der Waals surface area contributed by atoms with Gasteiger partial charge in [-0.25, -0.2) is 0 Å². The zero-order valence-corrected chi connectivity index (χ0v) is 23.7. The van der Waals surface area contributed by atoms with Crippen molar-refractivity contribution >= 4 is 16.2 Å². The molecule has 0 aliphatic heterocycles. The quantitative estimate of drug-likeness (QED) is 0.305. The van der Waals surface area contributed by atoms with Gasteiger partial charge < -0.3 is 0 Å². The Morgan fingerprint density at radius 2 is 1.55 bits per heavy atom. The van der Waals surface area contributed by atoms with Crippen molar-refractivity contribution in [3.05, 3.63) is 93.3 Å². The molecule has 0 saturated heterocycles. The maximum atomic E-state index is 2.88. The van der Waals surface area contributed by atoms with Gasteiger partial charge in [0.2, 0.25) is 0 Å². The van der Waals surface area contributed by atoms with E-state index in [-0.39, 0.29) is 0 Å². The SMILES string of the molecule is CCC[CH2][Zr]([CH3])(=[SiH2])([CH2]CCC)([C]1=CC=CC1)([c]1ccccc1)[CH]1C=Cc2ccccc21. The first-order chi connectivity index (χ1) is 14.8. The molecule has 2 aromatic rings. The minimum absolute atomic E-state index is 0.484. The van der Waals surface area contributed by atoms with Crippen molar-refractivity contribution in [1.82, 2.24) is 0 Å². The number of rotatable bonds is 9. The molecule has 31 heavy (non-hydrogen) atoms. The minimum atomic E-state index is -4.92. The van der Waals surface area contributed by atoms with Gasteiger partial charge in [-0.3, -0.25) is 0 Å². The van der Waals surface area contributed by atoms with Crippen molar-refractivity contribution < 1.29 is 14.4 Å². The predicted octanol–water partition coefficient (Wildman–Crippen LogP) is 7.72. The number of fused-ring (bicyclic) bond motifs is 1. The van der Waals surface area contributed by atoms with Crippen molar-refractivity contribution in [3.63, 3.8) is 0 Å². The molecule has 0 amide bonds. The van der Waals surface area contributed by atoms with E-state index in [1.165, 1.54) is 39.5 Å². The molecule has 0 bridgehead atoms. The molecule has 164 valence electrons. The average molecular weight is 508 g/mol. The fourth-order valence-electron chi connectivity index (χ4n) is 8.03. The molecule has 0 heterocycles. The second kappa shape index (κ2) is 7.13. The zero-order chi connectivity index (χ0) is 22.1. The Hall–Kier alpha value is -1.24. The summed E-state index contributed by atoms with van der Waals surface area (Å²) >= 11 is -4.92. The van der Waals surface area contributed by atoms with E-state index in [1.807, 2.05) is 0 Å². The Kier molecular flexibility index (Phi) is 5.27. The van der Waals surface area contributed by atoms with Gasteiger partial charge in [-0.15, -0.1) is 0 Å². The number of hydrogen-bond acceptors (Lipinski definition) is 0. The number of allylic oxidation sites excluding steroid dienone is 5. The van der Waals surface area contributed by atoms with Gasteiger partial charge in [0.25, 0.3) is 0 Å². The first-order valence-electron chi connectivity index (χ1n) is 12.5. The summed E-state index contributed by atoms with van der Waals surface area (Å²) in [6.07, 6.45) is 18.6. The molecule has 1 atom stereocenters. The van der Waals surface area contributed by atoms with Crippen LogP contribution >= 0.6 is 0 Å². The van der Waals surface area contributed by atoms with Crippen LogP contribution in [0.15, 0.2) is 82.2 Å². The third kappa shape index (κ3) is 2.80. The number of hydrogen-bond donors (Lipinski definition) is 0. The summed E-state index contributed by atoms with van der Waals surface area (Å²) in [5.41, 5.74) is 3.01. The van der Waals surface area contributed by atoms with E-state index in [4.69, 9.17) is 0 Å². The molecule has 2 aliphatic carbocycles. The van der Waals surface area contributed by atoms with Gasteiger partial charge in [0, 0.05) is 0 Å². The van der Waals surface area contributed by atoms with Crippen LogP contribution in [0.25, 0.3) is 6.08 Å². The second-order valence-corrected chi connectivity index (χ2v) is 58.8. The Bertz CT molecular complexity index is 1200. The summed E-state index contributed by atoms with van der Waals surface area (Å²) < 4.78 is 9.51. The predicted molar refractivity (Wildman–Crippen MR) is 140 cm³/mol. The molecule has 0 nitrogen and oxygen atoms in total. The molecule has 2 heteroatoms. The Morgan fingerprint density at radius 3 is 2.16 bits per heavy atom. The third-order valence-electron chi connectivity index (χ3n) is 10.2. The van der Waals surface area contributed by atoms with Crippen molar-refractivity contribution in [2.24, 2.45) is 0 Å². The molecule has 0 saturated carbocycles. The van der Waals surface area contributed by atoms with Crippen LogP contribution in [0.3, 0.4) is 0 Å². The molecule has 4 rings (SSSR count). The summed E-state index contributed by atoms with van der Waals surface area (Å²) in [7, 11) is 0. The Labute approximate surface area is 185 Å². The van der Waals surface area contributed by atoms with Crippen molar-refractivity contribution in [2.45, 2.75) is 62.5 Å². The van der Waals surface area contributed by atoms with Crippen LogP contribution in [-0.4, -0.2) is 6.88 Å². The normalized spacial score (nSPS) is 21.1. The standard InChI is InChI=1S/C9H7.C6H5.C5H5.2C4H9.CH3.H2Si.Zr/c1-2-5-9-7-3-6-8(9)4-1;1-2-4-6-5-3-1;1-2-4-5-3-1;2*1-3-4-2;;;/h1-7H;1-5H;1-3H,4H2;2*1,3-4H2,2H3;1H3;1H2;. The van der Waals surface area contributed by atoms with Crippen molar-refractivity contribution in [2.75, 3.05) is 0 Å². The van der Waals surface area contributed by atoms with Gasteiger partial charge in [-0.2, -0.15) is 0 Å². The van der Waals surface area contributed by atoms with E-state index >= 15 is 0 Å². The van der Waals surface area contributed by atoms with Crippen LogP contribution < -0.4 is 3.27 Å². The van der Waals surface area contributed by atoms with Crippen LogP contribution in [0, 0.1) is 0 Å². The number of unbranched alkanes of at least 4 members (excludes halogenated alkanes) is 2. The molecule has 0 radical (unpaired) electrons. The van der Waals surface area contributed by atoms with E-state index < -0.39 is 14.4 Å². The zero-order valence-electron chi connectivity index (χ0n) is 19.8. The number of benzene rings is 2. The van der Waals surface area contributed by atoms with Crippen LogP contribution in [0.2, 0.25) is 12.9 Å². The van der Waals surface area contributed by atoms with Gasteiger partial charge in [-0.1, -0.05) is 0 Å². The summed E-state index contributed by atoms with van der Waals surface area (Å²) in [6, 6.07) is 21.1. The van der Waals surface area contributed by atoms with E-state index in [0.29, 0.717) is 3.63 Å². The van der Waals surface area contributed by atoms with Gasteiger partial charge >= 0.3 is 186 Å². The fourth-order valence-corrected chi connectivity index (χ4v) is 46.9. The van der Waals surface area contributed by atoms with E-state index in [1.54, 1.807) is 12.1 Å². The van der Waals surface area contributed by atoms with Gasteiger partial charge in [0.15, 0.2) is 0 Å². The van der Waals surface area contributed by atoms with Crippen LogP contribution in [0.1, 0.15) is 60.7 Å². The molecule has 2 aromatic carbocycles. The summed E-state index contributed by atoms with van der Waals surface area (Å²) in [5.74, 6) is 0. The fraction of sp³-hybridized carbons (Fsp3) is 0.379. The maximum absolute atomic E-state index is 4.92. The van der Waals surface area contributed by atoms with Crippen LogP contribution in [0.5, 0.6) is 0 Å². The first-order valence-corrected chi connectivity index (χ1v) is 28.2. The second-order valence-electron chi connectivity index (χ2n) is 12.0. The molecule has 1 unspecified atom stereocenters. The Morgan fingerprint density at radius 1 is 0.903 bits per heavy atom. The van der Waals surface area contributed by atoms with E-state index in [2.05, 4.69) is 110 Å². The van der Waals surface area contributed by atoms with Crippen LogP contribution in [0.4, 0.5) is 0 Å². The summed E-state index contributed by atoms with van der Waals surface area (Å²) in [5, 5.41) is 0. The van der Waals surface area contributed by atoms with Gasteiger partial charge in [0.05, 0.1) is 0 Å². The van der Waals surface area contributed by atoms with Crippen molar-refractivity contribution in [1.29, 1.82) is 0 Å². The monoisotopic (exact) mass is 506 g/mol. The summed E-state index contributed by atoms with van der Waals surface area (Å²) in [4.78, 5) is 0. The Balaban J connectivity index is 2.24. The van der Waals surface area contributed by atoms with Gasteiger partial charge in [-0.05, 0) is 0 Å². The molecular weight excluding hydrogens is 468 g/mol. The van der Waals surface area contributed by atoms with Gasteiger partial charge in [0.1, 0.15) is 0 Å². The van der Waals surface area contributed by atoms with Crippen LogP contribution in [-0.2, 0) is 14.4 Å². The molecule has 0 fully saturated rings. The van der Waals surface area contributed by atoms with E-state index in [9.17, 15) is 0 Å². The molecule has 0 N–H and O–H groups in total. The molecular formula is C29H40SiZr. The van der Waals surface area contributed by atoms with E-state index in [0.717, 1.165) is 6.42 Å².